The van der Waals surface area contributed by atoms with Gasteiger partial charge in [-0.15, -0.1) is 0 Å². The van der Waals surface area contributed by atoms with Gasteiger partial charge in [-0.25, -0.2) is 9.59 Å². The summed E-state index contributed by atoms with van der Waals surface area (Å²) in [6.45, 7) is 4.86. The zero-order chi connectivity index (χ0) is 22.3. The van der Waals surface area contributed by atoms with Crippen molar-refractivity contribution in [3.8, 4) is 5.75 Å². The highest BCUT2D eigenvalue weighted by molar-refractivity contribution is 6.02. The Labute approximate surface area is 172 Å². The Balaban J connectivity index is 1.93. The van der Waals surface area contributed by atoms with E-state index in [2.05, 4.69) is 5.32 Å². The van der Waals surface area contributed by atoms with Crippen LogP contribution in [0.25, 0.3) is 0 Å². The van der Waals surface area contributed by atoms with Crippen LogP contribution in [-0.4, -0.2) is 36.0 Å². The van der Waals surface area contributed by atoms with Crippen LogP contribution in [0.15, 0.2) is 36.4 Å². The maximum absolute atomic E-state index is 12.1. The first-order valence-electron chi connectivity index (χ1n) is 8.98. The molecule has 3 amide bonds. The Kier molecular flexibility index (Phi) is 7.45. The fraction of sp³-hybridized carbons (Fsp3) is 0.250. The minimum Gasteiger partial charge on any atom is -0.487 e. The quantitative estimate of drug-likeness (QED) is 0.403. The molecule has 0 bridgehead atoms. The van der Waals surface area contributed by atoms with Crippen LogP contribution in [0.1, 0.15) is 28.4 Å². The third-order valence-electron chi connectivity index (χ3n) is 4.13. The lowest BCUT2D eigenvalue weighted by molar-refractivity contribution is -0.385. The fourth-order valence-electron chi connectivity index (χ4n) is 2.48. The molecule has 2 N–H and O–H groups in total. The molecule has 0 aromatic heterocycles. The normalized spacial score (nSPS) is 10.1. The van der Waals surface area contributed by atoms with Crippen LogP contribution >= 0.6 is 0 Å². The van der Waals surface area contributed by atoms with E-state index in [1.54, 1.807) is 19.1 Å². The topological polar surface area (TPSA) is 137 Å². The highest BCUT2D eigenvalue weighted by Crippen LogP contribution is 2.28. The van der Waals surface area contributed by atoms with Crippen molar-refractivity contribution in [1.29, 1.82) is 0 Å². The van der Waals surface area contributed by atoms with E-state index in [1.807, 2.05) is 25.2 Å². The van der Waals surface area contributed by atoms with Crippen molar-refractivity contribution in [3.05, 3.63) is 63.2 Å². The Bertz CT molecular complexity index is 988. The molecule has 0 atom stereocenters. The van der Waals surface area contributed by atoms with Crippen LogP contribution in [0.3, 0.4) is 0 Å². The number of nitro groups is 1. The van der Waals surface area contributed by atoms with Crippen LogP contribution in [0.5, 0.6) is 5.75 Å². The van der Waals surface area contributed by atoms with E-state index in [1.165, 1.54) is 12.1 Å². The zero-order valence-corrected chi connectivity index (χ0v) is 16.7. The SMILES string of the molecule is CCOc1ccc(C(=O)OCC(=O)NC(=O)Nc2cccc(C)c2C)cc1[N+](=O)[O-]. The minimum atomic E-state index is -0.953. The number of esters is 1. The number of nitro benzene ring substituents is 1. The number of urea groups is 1. The zero-order valence-electron chi connectivity index (χ0n) is 16.7. The monoisotopic (exact) mass is 415 g/mol. The largest absolute Gasteiger partial charge is 0.487 e. The molecule has 0 aliphatic rings. The molecule has 0 aliphatic heterocycles. The van der Waals surface area contributed by atoms with Crippen molar-refractivity contribution >= 4 is 29.3 Å². The number of carbonyl (C=O) groups is 3. The molecule has 2 rings (SSSR count). The van der Waals surface area contributed by atoms with Gasteiger partial charge in [-0.1, -0.05) is 12.1 Å². The fourth-order valence-corrected chi connectivity index (χ4v) is 2.48. The Morgan fingerprint density at radius 2 is 1.87 bits per heavy atom. The first-order chi connectivity index (χ1) is 14.2. The first kappa shape index (κ1) is 22.3. The number of nitrogens with one attached hydrogen (secondary N) is 2. The van der Waals surface area contributed by atoms with E-state index >= 15 is 0 Å². The molecule has 0 unspecified atom stereocenters. The number of rotatable bonds is 7. The number of carbonyl (C=O) groups excluding carboxylic acids is 3. The maximum Gasteiger partial charge on any atom is 0.338 e. The summed E-state index contributed by atoms with van der Waals surface area (Å²) in [6, 6.07) is 8.11. The number of aryl methyl sites for hydroxylation is 1. The number of hydrogen-bond donors (Lipinski definition) is 2. The van der Waals surface area contributed by atoms with E-state index in [4.69, 9.17) is 9.47 Å². The number of benzene rings is 2. The molecule has 10 heteroatoms. The number of nitrogens with zero attached hydrogens (tertiary/aromatic N) is 1. The average Bonchev–Trinajstić information content (AvgIpc) is 2.70. The molecule has 158 valence electrons. The van der Waals surface area contributed by atoms with Gasteiger partial charge in [-0.05, 0) is 50.1 Å². The predicted octanol–water partition coefficient (Wildman–Crippen LogP) is 3.12. The van der Waals surface area contributed by atoms with Gasteiger partial charge >= 0.3 is 17.7 Å². The Morgan fingerprint density at radius 3 is 2.53 bits per heavy atom. The van der Waals surface area contributed by atoms with Crippen molar-refractivity contribution in [3.63, 3.8) is 0 Å². The smallest absolute Gasteiger partial charge is 0.338 e. The second-order valence-corrected chi connectivity index (χ2v) is 6.20. The Morgan fingerprint density at radius 1 is 1.13 bits per heavy atom. The van der Waals surface area contributed by atoms with Crippen LogP contribution in [0.2, 0.25) is 0 Å². The average molecular weight is 415 g/mol. The van der Waals surface area contributed by atoms with E-state index in [9.17, 15) is 24.5 Å². The summed E-state index contributed by atoms with van der Waals surface area (Å²) >= 11 is 0. The highest BCUT2D eigenvalue weighted by Gasteiger charge is 2.20. The van der Waals surface area contributed by atoms with Gasteiger partial charge in [0.1, 0.15) is 0 Å². The standard InChI is InChI=1S/C20H21N3O7/c1-4-29-17-9-8-14(10-16(17)23(27)28)19(25)30-11-18(24)22-20(26)21-15-7-5-6-12(2)13(15)3/h5-10H,4,11H2,1-3H3,(H2,21,22,24,26). The van der Waals surface area contributed by atoms with E-state index < -0.39 is 35.1 Å². The summed E-state index contributed by atoms with van der Waals surface area (Å²) < 4.78 is 9.96. The van der Waals surface area contributed by atoms with E-state index in [-0.39, 0.29) is 17.9 Å². The Hall–Kier alpha value is -3.95. The van der Waals surface area contributed by atoms with Crippen LogP contribution in [0.4, 0.5) is 16.2 Å². The number of ether oxygens (including phenoxy) is 2. The molecule has 10 nitrogen and oxygen atoms in total. The lowest BCUT2D eigenvalue weighted by atomic mass is 10.1. The van der Waals surface area contributed by atoms with Gasteiger partial charge in [-0.3, -0.25) is 20.2 Å². The molecule has 0 spiro atoms. The molecular formula is C20H21N3O7. The van der Waals surface area contributed by atoms with Gasteiger partial charge in [0, 0.05) is 11.8 Å². The van der Waals surface area contributed by atoms with Crippen molar-refractivity contribution in [2.75, 3.05) is 18.5 Å². The third-order valence-corrected chi connectivity index (χ3v) is 4.13. The lowest BCUT2D eigenvalue weighted by Crippen LogP contribution is -2.37. The third kappa shape index (κ3) is 5.77. The number of hydrogen-bond acceptors (Lipinski definition) is 7. The molecule has 0 fully saturated rings. The van der Waals surface area contributed by atoms with Crippen LogP contribution in [0, 0.1) is 24.0 Å². The molecule has 2 aromatic rings. The predicted molar refractivity (Wildman–Crippen MR) is 108 cm³/mol. The minimum absolute atomic E-state index is 0.0138. The van der Waals surface area contributed by atoms with Crippen LogP contribution in [-0.2, 0) is 9.53 Å². The van der Waals surface area contributed by atoms with E-state index in [0.29, 0.717) is 5.69 Å². The lowest BCUT2D eigenvalue weighted by Gasteiger charge is -2.11. The summed E-state index contributed by atoms with van der Waals surface area (Å²) in [5, 5.41) is 15.7. The summed E-state index contributed by atoms with van der Waals surface area (Å²) in [5.41, 5.74) is 1.83. The number of imide groups is 1. The van der Waals surface area contributed by atoms with Gasteiger partial charge in [-0.2, -0.15) is 0 Å². The molecule has 0 radical (unpaired) electrons. The van der Waals surface area contributed by atoms with Gasteiger partial charge in [0.25, 0.3) is 5.91 Å². The molecule has 0 aliphatic carbocycles. The summed E-state index contributed by atoms with van der Waals surface area (Å²) in [7, 11) is 0. The van der Waals surface area contributed by atoms with Crippen molar-refractivity contribution in [2.45, 2.75) is 20.8 Å². The summed E-state index contributed by atoms with van der Waals surface area (Å²) in [5.74, 6) is -1.79. The first-order valence-corrected chi connectivity index (χ1v) is 8.98. The second-order valence-electron chi connectivity index (χ2n) is 6.20. The maximum atomic E-state index is 12.1. The molecular weight excluding hydrogens is 394 g/mol. The molecule has 2 aromatic carbocycles. The molecule has 30 heavy (non-hydrogen) atoms. The number of anilines is 1. The van der Waals surface area contributed by atoms with Gasteiger partial charge in [0.05, 0.1) is 17.1 Å². The van der Waals surface area contributed by atoms with Gasteiger partial charge in [0.15, 0.2) is 12.4 Å². The van der Waals surface area contributed by atoms with Crippen LogP contribution < -0.4 is 15.4 Å². The van der Waals surface area contributed by atoms with Gasteiger partial charge in [0.2, 0.25) is 0 Å². The molecule has 0 saturated heterocycles. The van der Waals surface area contributed by atoms with Gasteiger partial charge < -0.3 is 14.8 Å². The highest BCUT2D eigenvalue weighted by atomic mass is 16.6. The van der Waals surface area contributed by atoms with Crippen molar-refractivity contribution in [2.24, 2.45) is 0 Å². The second kappa shape index (κ2) is 10.0. The molecule has 0 saturated carbocycles. The summed E-state index contributed by atoms with van der Waals surface area (Å²) in [6.07, 6.45) is 0. The van der Waals surface area contributed by atoms with Crippen molar-refractivity contribution in [1.82, 2.24) is 5.32 Å². The molecule has 0 heterocycles. The van der Waals surface area contributed by atoms with Crippen molar-refractivity contribution < 1.29 is 28.8 Å². The number of amides is 3. The van der Waals surface area contributed by atoms with E-state index in [0.717, 1.165) is 17.2 Å². The summed E-state index contributed by atoms with van der Waals surface area (Å²) in [4.78, 5) is 46.3.